The fourth-order valence-corrected chi connectivity index (χ4v) is 3.01. The molecule has 0 spiro atoms. The van der Waals surface area contributed by atoms with Crippen molar-refractivity contribution in [3.05, 3.63) is 84.9 Å². The predicted molar refractivity (Wildman–Crippen MR) is 111 cm³/mol. The molecule has 0 aliphatic rings. The SMILES string of the molecule is CCCCCCOc1ccc(N(c2ccccc2)c2ccccc2)cc1. The standard InChI is InChI=1S/C24H27NO/c1-2-3-4-11-20-26-24-18-16-23(17-19-24)25(21-12-7-5-8-13-21)22-14-9-6-10-15-22/h5-10,12-19H,2-4,11,20H2,1H3. The third-order valence-corrected chi connectivity index (χ3v) is 4.39. The van der Waals surface area contributed by atoms with Crippen LogP contribution in [0.3, 0.4) is 0 Å². The maximum atomic E-state index is 5.88. The molecule has 0 fully saturated rings. The molecule has 134 valence electrons. The zero-order chi connectivity index (χ0) is 18.0. The van der Waals surface area contributed by atoms with E-state index in [1.165, 1.54) is 19.3 Å². The second-order valence-corrected chi connectivity index (χ2v) is 6.41. The normalized spacial score (nSPS) is 10.5. The van der Waals surface area contributed by atoms with Crippen LogP contribution in [-0.4, -0.2) is 6.61 Å². The van der Waals surface area contributed by atoms with Crippen molar-refractivity contribution in [1.29, 1.82) is 0 Å². The molecule has 2 heteroatoms. The third-order valence-electron chi connectivity index (χ3n) is 4.39. The lowest BCUT2D eigenvalue weighted by molar-refractivity contribution is 0.305. The van der Waals surface area contributed by atoms with Gasteiger partial charge >= 0.3 is 0 Å². The lowest BCUT2D eigenvalue weighted by Gasteiger charge is -2.25. The molecule has 3 aromatic carbocycles. The van der Waals surface area contributed by atoms with E-state index in [9.17, 15) is 0 Å². The molecular formula is C24H27NO. The molecule has 0 amide bonds. The highest BCUT2D eigenvalue weighted by Gasteiger charge is 2.11. The molecule has 0 saturated heterocycles. The van der Waals surface area contributed by atoms with Crippen molar-refractivity contribution in [1.82, 2.24) is 0 Å². The van der Waals surface area contributed by atoms with Crippen LogP contribution in [0.5, 0.6) is 5.75 Å². The Labute approximate surface area is 157 Å². The number of rotatable bonds is 9. The number of ether oxygens (including phenoxy) is 1. The van der Waals surface area contributed by atoms with E-state index >= 15 is 0 Å². The largest absolute Gasteiger partial charge is 0.494 e. The molecule has 0 unspecified atom stereocenters. The molecule has 0 saturated carbocycles. The quantitative estimate of drug-likeness (QED) is 0.383. The second kappa shape index (κ2) is 9.67. The Morgan fingerprint density at radius 1 is 0.615 bits per heavy atom. The smallest absolute Gasteiger partial charge is 0.119 e. The summed E-state index contributed by atoms with van der Waals surface area (Å²) in [6, 6.07) is 29.3. The Balaban J connectivity index is 1.75. The Bertz CT molecular complexity index is 714. The third kappa shape index (κ3) is 4.89. The van der Waals surface area contributed by atoms with E-state index in [4.69, 9.17) is 4.74 Å². The topological polar surface area (TPSA) is 12.5 Å². The maximum absolute atomic E-state index is 5.88. The Morgan fingerprint density at radius 2 is 1.15 bits per heavy atom. The van der Waals surface area contributed by atoms with Crippen molar-refractivity contribution in [3.8, 4) is 5.75 Å². The molecule has 0 aliphatic heterocycles. The van der Waals surface area contributed by atoms with Crippen molar-refractivity contribution in [2.75, 3.05) is 11.5 Å². The molecule has 26 heavy (non-hydrogen) atoms. The van der Waals surface area contributed by atoms with Gasteiger partial charge in [-0.1, -0.05) is 62.6 Å². The lowest BCUT2D eigenvalue weighted by Crippen LogP contribution is -2.09. The molecule has 0 heterocycles. The number of unbranched alkanes of at least 4 members (excludes halogenated alkanes) is 3. The molecule has 0 aromatic heterocycles. The van der Waals surface area contributed by atoms with Crippen molar-refractivity contribution < 1.29 is 4.74 Å². The summed E-state index contributed by atoms with van der Waals surface area (Å²) in [6.07, 6.45) is 4.90. The summed E-state index contributed by atoms with van der Waals surface area (Å²) < 4.78 is 5.88. The fourth-order valence-electron chi connectivity index (χ4n) is 3.01. The van der Waals surface area contributed by atoms with Gasteiger partial charge in [0.25, 0.3) is 0 Å². The summed E-state index contributed by atoms with van der Waals surface area (Å²) >= 11 is 0. The average Bonchev–Trinajstić information content (AvgIpc) is 2.71. The first-order valence-electron chi connectivity index (χ1n) is 9.51. The Hall–Kier alpha value is -2.74. The molecule has 0 aliphatic carbocycles. The first-order chi connectivity index (χ1) is 12.9. The summed E-state index contributed by atoms with van der Waals surface area (Å²) in [5.41, 5.74) is 3.42. The van der Waals surface area contributed by atoms with Gasteiger partial charge in [0.15, 0.2) is 0 Å². The molecule has 3 aromatic rings. The fraction of sp³-hybridized carbons (Fsp3) is 0.250. The number of nitrogens with zero attached hydrogens (tertiary/aromatic N) is 1. The minimum absolute atomic E-state index is 0.792. The summed E-state index contributed by atoms with van der Waals surface area (Å²) in [5.74, 6) is 0.936. The van der Waals surface area contributed by atoms with Crippen LogP contribution in [0.1, 0.15) is 32.6 Å². The van der Waals surface area contributed by atoms with Gasteiger partial charge in [-0.3, -0.25) is 0 Å². The first-order valence-corrected chi connectivity index (χ1v) is 9.51. The van der Waals surface area contributed by atoms with E-state index in [2.05, 4.69) is 84.6 Å². The maximum Gasteiger partial charge on any atom is 0.119 e. The summed E-state index contributed by atoms with van der Waals surface area (Å²) in [6.45, 7) is 3.02. The van der Waals surface area contributed by atoms with Gasteiger partial charge in [0, 0.05) is 17.1 Å². The highest BCUT2D eigenvalue weighted by molar-refractivity contribution is 5.76. The predicted octanol–water partition coefficient (Wildman–Crippen LogP) is 7.12. The van der Waals surface area contributed by atoms with E-state index in [1.807, 2.05) is 12.1 Å². The number of hydrogen-bond acceptors (Lipinski definition) is 2. The van der Waals surface area contributed by atoms with Gasteiger partial charge in [0.2, 0.25) is 0 Å². The van der Waals surface area contributed by atoms with E-state index in [1.54, 1.807) is 0 Å². The van der Waals surface area contributed by atoms with Crippen LogP contribution in [0.2, 0.25) is 0 Å². The van der Waals surface area contributed by atoms with Gasteiger partial charge < -0.3 is 9.64 Å². The highest BCUT2D eigenvalue weighted by atomic mass is 16.5. The number of hydrogen-bond donors (Lipinski definition) is 0. The van der Waals surface area contributed by atoms with Crippen LogP contribution in [-0.2, 0) is 0 Å². The van der Waals surface area contributed by atoms with Crippen molar-refractivity contribution >= 4 is 17.1 Å². The van der Waals surface area contributed by atoms with Crippen LogP contribution in [0.25, 0.3) is 0 Å². The Morgan fingerprint density at radius 3 is 1.69 bits per heavy atom. The number of anilines is 3. The average molecular weight is 345 g/mol. The van der Waals surface area contributed by atoms with Gasteiger partial charge in [0.05, 0.1) is 6.61 Å². The van der Waals surface area contributed by atoms with Gasteiger partial charge in [0.1, 0.15) is 5.75 Å². The van der Waals surface area contributed by atoms with Gasteiger partial charge in [-0.05, 0) is 55.0 Å². The van der Waals surface area contributed by atoms with Gasteiger partial charge in [-0.15, -0.1) is 0 Å². The van der Waals surface area contributed by atoms with Crippen LogP contribution in [0.15, 0.2) is 84.9 Å². The minimum Gasteiger partial charge on any atom is -0.494 e. The number of para-hydroxylation sites is 2. The molecule has 0 N–H and O–H groups in total. The van der Waals surface area contributed by atoms with E-state index < -0.39 is 0 Å². The zero-order valence-electron chi connectivity index (χ0n) is 15.5. The van der Waals surface area contributed by atoms with E-state index in [0.29, 0.717) is 0 Å². The second-order valence-electron chi connectivity index (χ2n) is 6.41. The summed E-state index contributed by atoms with van der Waals surface area (Å²) in [5, 5.41) is 0. The molecule has 3 rings (SSSR count). The van der Waals surface area contributed by atoms with Crippen LogP contribution < -0.4 is 9.64 Å². The van der Waals surface area contributed by atoms with E-state index in [-0.39, 0.29) is 0 Å². The van der Waals surface area contributed by atoms with Crippen molar-refractivity contribution in [2.45, 2.75) is 32.6 Å². The van der Waals surface area contributed by atoms with Crippen molar-refractivity contribution in [3.63, 3.8) is 0 Å². The molecule has 0 bridgehead atoms. The Kier molecular flexibility index (Phi) is 6.72. The van der Waals surface area contributed by atoms with E-state index in [0.717, 1.165) is 35.8 Å². The van der Waals surface area contributed by atoms with Crippen LogP contribution in [0.4, 0.5) is 17.1 Å². The minimum atomic E-state index is 0.792. The molecule has 2 nitrogen and oxygen atoms in total. The molecule has 0 atom stereocenters. The molecular weight excluding hydrogens is 318 g/mol. The monoisotopic (exact) mass is 345 g/mol. The van der Waals surface area contributed by atoms with Gasteiger partial charge in [-0.25, -0.2) is 0 Å². The summed E-state index contributed by atoms with van der Waals surface area (Å²) in [7, 11) is 0. The number of benzene rings is 3. The molecule has 0 radical (unpaired) electrons. The van der Waals surface area contributed by atoms with Crippen molar-refractivity contribution in [2.24, 2.45) is 0 Å². The lowest BCUT2D eigenvalue weighted by atomic mass is 10.2. The van der Waals surface area contributed by atoms with Crippen LogP contribution >= 0.6 is 0 Å². The van der Waals surface area contributed by atoms with Gasteiger partial charge in [-0.2, -0.15) is 0 Å². The first kappa shape index (κ1) is 18.1. The zero-order valence-corrected chi connectivity index (χ0v) is 15.5. The highest BCUT2D eigenvalue weighted by Crippen LogP contribution is 2.34. The summed E-state index contributed by atoms with van der Waals surface area (Å²) in [4.78, 5) is 2.25. The van der Waals surface area contributed by atoms with Crippen LogP contribution in [0, 0.1) is 0 Å².